The summed E-state index contributed by atoms with van der Waals surface area (Å²) < 4.78 is 5.06. The zero-order chi connectivity index (χ0) is 12.8. The molecule has 1 N–H and O–H groups in total. The molecule has 0 saturated carbocycles. The molecule has 0 saturated heterocycles. The molecular weight excluding hydrogens is 268 g/mol. The third kappa shape index (κ3) is 3.38. The van der Waals surface area contributed by atoms with Crippen LogP contribution in [0.25, 0.3) is 0 Å². The first-order valence-corrected chi connectivity index (χ1v) is 7.44. The van der Waals surface area contributed by atoms with Crippen molar-refractivity contribution in [3.05, 3.63) is 39.0 Å². The fourth-order valence-electron chi connectivity index (χ4n) is 1.51. The molecule has 0 amide bonds. The average Bonchev–Trinajstić information content (AvgIpc) is 3.01. The Morgan fingerprint density at radius 2 is 2.50 bits per heavy atom. The van der Waals surface area contributed by atoms with Gasteiger partial charge in [0.25, 0.3) is 0 Å². The average molecular weight is 282 g/mol. The van der Waals surface area contributed by atoms with E-state index in [9.17, 15) is 4.79 Å². The highest BCUT2D eigenvalue weighted by Gasteiger charge is 2.23. The minimum Gasteiger partial charge on any atom is -0.465 e. The van der Waals surface area contributed by atoms with Gasteiger partial charge in [-0.1, -0.05) is 6.07 Å². The summed E-state index contributed by atoms with van der Waals surface area (Å²) >= 11 is 3.13. The number of carbonyl (C=O) groups excluding carboxylic acids is 1. The predicted molar refractivity (Wildman–Crippen MR) is 72.6 cm³/mol. The van der Waals surface area contributed by atoms with Gasteiger partial charge < -0.3 is 4.74 Å². The van der Waals surface area contributed by atoms with Crippen LogP contribution in [-0.4, -0.2) is 17.6 Å². The van der Waals surface area contributed by atoms with Crippen molar-refractivity contribution in [2.45, 2.75) is 19.5 Å². The molecular formula is C12H14N2O2S2. The Bertz CT molecular complexity index is 468. The molecule has 0 aromatic carbocycles. The summed E-state index contributed by atoms with van der Waals surface area (Å²) in [6.45, 7) is 2.81. The standard InChI is InChI=1S/C12H14N2O2S2/c1-2-16-12(15)11(10-7-17-8-14-10)13-6-9-4-3-5-18-9/h3-5,7-8,11,13H,2,6H2,1H3. The van der Waals surface area contributed by atoms with Crippen LogP contribution in [0.4, 0.5) is 0 Å². The Balaban J connectivity index is 2.03. The second-order valence-electron chi connectivity index (χ2n) is 3.56. The molecule has 4 nitrogen and oxygen atoms in total. The second-order valence-corrected chi connectivity index (χ2v) is 5.31. The zero-order valence-electron chi connectivity index (χ0n) is 9.96. The zero-order valence-corrected chi connectivity index (χ0v) is 11.6. The molecule has 2 aromatic heterocycles. The van der Waals surface area contributed by atoms with Crippen molar-refractivity contribution in [2.24, 2.45) is 0 Å². The summed E-state index contributed by atoms with van der Waals surface area (Å²) in [4.78, 5) is 17.2. The van der Waals surface area contributed by atoms with Crippen LogP contribution in [0.15, 0.2) is 28.4 Å². The quantitative estimate of drug-likeness (QED) is 0.827. The van der Waals surface area contributed by atoms with Gasteiger partial charge in [0.05, 0.1) is 17.8 Å². The second kappa shape index (κ2) is 6.63. The molecule has 0 aliphatic heterocycles. The first-order valence-electron chi connectivity index (χ1n) is 5.61. The van der Waals surface area contributed by atoms with Gasteiger partial charge in [0.1, 0.15) is 6.04 Å². The number of carbonyl (C=O) groups is 1. The number of hydrogen-bond donors (Lipinski definition) is 1. The van der Waals surface area contributed by atoms with Crippen LogP contribution in [0.2, 0.25) is 0 Å². The van der Waals surface area contributed by atoms with E-state index in [2.05, 4.69) is 10.3 Å². The lowest BCUT2D eigenvalue weighted by molar-refractivity contribution is -0.146. The van der Waals surface area contributed by atoms with E-state index in [0.717, 1.165) is 5.69 Å². The smallest absolute Gasteiger partial charge is 0.329 e. The molecule has 0 spiro atoms. The number of thiazole rings is 1. The Morgan fingerprint density at radius 1 is 1.61 bits per heavy atom. The highest BCUT2D eigenvalue weighted by Crippen LogP contribution is 2.17. The summed E-state index contributed by atoms with van der Waals surface area (Å²) in [5.74, 6) is -0.278. The van der Waals surface area contributed by atoms with Gasteiger partial charge in [-0.3, -0.25) is 5.32 Å². The predicted octanol–water partition coefficient (Wildman–Crippen LogP) is 2.60. The van der Waals surface area contributed by atoms with Crippen molar-refractivity contribution in [3.63, 3.8) is 0 Å². The maximum absolute atomic E-state index is 11.9. The lowest BCUT2D eigenvalue weighted by Gasteiger charge is -2.14. The van der Waals surface area contributed by atoms with Crippen LogP contribution in [0, 0.1) is 0 Å². The number of ether oxygens (including phenoxy) is 1. The van der Waals surface area contributed by atoms with Gasteiger partial charge in [0, 0.05) is 16.8 Å². The van der Waals surface area contributed by atoms with Gasteiger partial charge in [-0.15, -0.1) is 22.7 Å². The van der Waals surface area contributed by atoms with E-state index in [1.54, 1.807) is 23.8 Å². The number of hydrogen-bond acceptors (Lipinski definition) is 6. The van der Waals surface area contributed by atoms with Crippen molar-refractivity contribution in [3.8, 4) is 0 Å². The molecule has 2 rings (SSSR count). The van der Waals surface area contributed by atoms with Crippen LogP contribution in [-0.2, 0) is 16.1 Å². The van der Waals surface area contributed by atoms with Crippen LogP contribution in [0.1, 0.15) is 23.5 Å². The summed E-state index contributed by atoms with van der Waals surface area (Å²) in [6.07, 6.45) is 0. The molecule has 18 heavy (non-hydrogen) atoms. The van der Waals surface area contributed by atoms with E-state index in [4.69, 9.17) is 4.74 Å². The van der Waals surface area contributed by atoms with Crippen LogP contribution in [0.3, 0.4) is 0 Å². The SMILES string of the molecule is CCOC(=O)C(NCc1cccs1)c1cscn1. The minimum atomic E-state index is -0.488. The van der Waals surface area contributed by atoms with Crippen LogP contribution < -0.4 is 5.32 Å². The molecule has 0 radical (unpaired) electrons. The number of rotatable bonds is 6. The molecule has 1 atom stereocenters. The first-order chi connectivity index (χ1) is 8.81. The molecule has 6 heteroatoms. The molecule has 0 aliphatic rings. The molecule has 1 unspecified atom stereocenters. The van der Waals surface area contributed by atoms with Gasteiger partial charge in [-0.25, -0.2) is 9.78 Å². The van der Waals surface area contributed by atoms with Crippen molar-refractivity contribution in [1.82, 2.24) is 10.3 Å². The normalized spacial score (nSPS) is 12.3. The number of esters is 1. The molecule has 0 fully saturated rings. The Morgan fingerprint density at radius 3 is 3.11 bits per heavy atom. The van der Waals surface area contributed by atoms with Gasteiger partial charge in [0.15, 0.2) is 0 Å². The summed E-state index contributed by atoms with van der Waals surface area (Å²) in [5.41, 5.74) is 2.43. The number of nitrogens with zero attached hydrogens (tertiary/aromatic N) is 1. The number of aromatic nitrogens is 1. The summed E-state index contributed by atoms with van der Waals surface area (Å²) in [6, 6.07) is 3.53. The van der Waals surface area contributed by atoms with E-state index in [1.165, 1.54) is 16.2 Å². The maximum Gasteiger partial charge on any atom is 0.329 e. The molecule has 2 heterocycles. The van der Waals surface area contributed by atoms with Gasteiger partial charge in [-0.05, 0) is 18.4 Å². The Kier molecular flexibility index (Phi) is 4.86. The highest BCUT2D eigenvalue weighted by atomic mass is 32.1. The summed E-state index contributed by atoms with van der Waals surface area (Å²) in [5, 5.41) is 7.07. The van der Waals surface area contributed by atoms with E-state index < -0.39 is 6.04 Å². The maximum atomic E-state index is 11.9. The fourth-order valence-corrected chi connectivity index (χ4v) is 2.75. The lowest BCUT2D eigenvalue weighted by Crippen LogP contribution is -2.30. The van der Waals surface area contributed by atoms with Crippen LogP contribution in [0.5, 0.6) is 0 Å². The van der Waals surface area contributed by atoms with Crippen LogP contribution >= 0.6 is 22.7 Å². The third-order valence-electron chi connectivity index (χ3n) is 2.33. The fraction of sp³-hybridized carbons (Fsp3) is 0.333. The van der Waals surface area contributed by atoms with Gasteiger partial charge in [0.2, 0.25) is 0 Å². The Labute approximate surface area is 114 Å². The summed E-state index contributed by atoms with van der Waals surface area (Å²) in [7, 11) is 0. The number of thiophene rings is 1. The van der Waals surface area contributed by atoms with E-state index in [-0.39, 0.29) is 5.97 Å². The highest BCUT2D eigenvalue weighted by molar-refractivity contribution is 7.09. The third-order valence-corrected chi connectivity index (χ3v) is 3.81. The Hall–Kier alpha value is -1.24. The van der Waals surface area contributed by atoms with E-state index >= 15 is 0 Å². The molecule has 96 valence electrons. The van der Waals surface area contributed by atoms with Gasteiger partial charge >= 0.3 is 5.97 Å². The van der Waals surface area contributed by atoms with Crippen molar-refractivity contribution >= 4 is 28.6 Å². The van der Waals surface area contributed by atoms with E-state index in [0.29, 0.717) is 13.2 Å². The molecule has 2 aromatic rings. The lowest BCUT2D eigenvalue weighted by atomic mass is 10.2. The van der Waals surface area contributed by atoms with Crippen molar-refractivity contribution in [2.75, 3.05) is 6.61 Å². The molecule has 0 aliphatic carbocycles. The number of nitrogens with one attached hydrogen (secondary N) is 1. The van der Waals surface area contributed by atoms with E-state index in [1.807, 2.05) is 22.9 Å². The van der Waals surface area contributed by atoms with Crippen molar-refractivity contribution < 1.29 is 9.53 Å². The first kappa shape index (κ1) is 13.2. The monoisotopic (exact) mass is 282 g/mol. The van der Waals surface area contributed by atoms with Crippen molar-refractivity contribution in [1.29, 1.82) is 0 Å². The van der Waals surface area contributed by atoms with Gasteiger partial charge in [-0.2, -0.15) is 0 Å². The minimum absolute atomic E-state index is 0.278. The molecule has 0 bridgehead atoms. The largest absolute Gasteiger partial charge is 0.465 e. The topological polar surface area (TPSA) is 51.2 Å².